The van der Waals surface area contributed by atoms with Crippen LogP contribution in [0.1, 0.15) is 25.3 Å². The third-order valence-corrected chi connectivity index (χ3v) is 6.00. The molecule has 2 fully saturated rings. The molecular weight excluding hydrogens is 416 g/mol. The number of hydrogen-bond donors (Lipinski definition) is 2. The number of carbonyl (C=O) groups is 2. The molecule has 1 aliphatic carbocycles. The molecule has 172 valence electrons. The smallest absolute Gasteiger partial charge is 0.229 e. The number of benzene rings is 1. The molecule has 33 heavy (non-hydrogen) atoms. The number of nitrogens with one attached hydrogen (secondary N) is 1. The van der Waals surface area contributed by atoms with Gasteiger partial charge in [0.2, 0.25) is 11.8 Å². The van der Waals surface area contributed by atoms with E-state index in [1.807, 2.05) is 42.5 Å². The predicted octanol–water partition coefficient (Wildman–Crippen LogP) is 2.91. The van der Waals surface area contributed by atoms with Crippen LogP contribution in [0.3, 0.4) is 0 Å². The summed E-state index contributed by atoms with van der Waals surface area (Å²) in [5.74, 6) is 1.05. The van der Waals surface area contributed by atoms with Crippen molar-refractivity contribution in [3.05, 3.63) is 66.1 Å². The largest absolute Gasteiger partial charge is 0.403 e. The number of aromatic nitrogens is 1. The lowest BCUT2D eigenvalue weighted by Crippen LogP contribution is -2.55. The first kappa shape index (κ1) is 22.5. The number of pyridine rings is 1. The zero-order valence-corrected chi connectivity index (χ0v) is 19.1. The second-order valence-corrected chi connectivity index (χ2v) is 8.68. The standard InChI is InChI=1S/C25H30N6O2/c1-17(32)31-15-20(16-31)25(33)30(2)14-18-6-10-21(11-7-18)28-22(13-26)24(19-8-9-19)29-23-5-3-4-12-27-23/h3-7,10-13,19-20,28H,8-9,14-16,26H2,1-2H3/b22-13+,29-24+. The normalized spacial score (nSPS) is 16.8. The number of carbonyl (C=O) groups excluding carboxylic acids is 2. The average Bonchev–Trinajstić information content (AvgIpc) is 3.62. The quantitative estimate of drug-likeness (QED) is 0.607. The fraction of sp³-hybridized carbons (Fsp3) is 0.360. The minimum absolute atomic E-state index is 0.0191. The van der Waals surface area contributed by atoms with Crippen molar-refractivity contribution in [2.75, 3.05) is 25.5 Å². The molecule has 0 bridgehead atoms. The molecule has 2 aliphatic rings. The summed E-state index contributed by atoms with van der Waals surface area (Å²) in [4.78, 5) is 36.4. The molecule has 8 nitrogen and oxygen atoms in total. The molecule has 4 rings (SSSR count). The molecule has 8 heteroatoms. The first-order valence-corrected chi connectivity index (χ1v) is 11.2. The van der Waals surface area contributed by atoms with Gasteiger partial charge in [0, 0.05) is 57.6 Å². The van der Waals surface area contributed by atoms with Crippen molar-refractivity contribution in [3.8, 4) is 0 Å². The highest BCUT2D eigenvalue weighted by atomic mass is 16.2. The fourth-order valence-corrected chi connectivity index (χ4v) is 3.87. The highest BCUT2D eigenvalue weighted by Gasteiger charge is 2.35. The third kappa shape index (κ3) is 5.58. The molecule has 2 aromatic rings. The Morgan fingerprint density at radius 1 is 1.18 bits per heavy atom. The number of amides is 2. The summed E-state index contributed by atoms with van der Waals surface area (Å²) in [6.07, 6.45) is 5.47. The van der Waals surface area contributed by atoms with Crippen LogP contribution in [0, 0.1) is 11.8 Å². The van der Waals surface area contributed by atoms with Gasteiger partial charge in [-0.25, -0.2) is 9.98 Å². The molecule has 0 radical (unpaired) electrons. The molecule has 3 N–H and O–H groups in total. The van der Waals surface area contributed by atoms with Crippen LogP contribution in [0.5, 0.6) is 0 Å². The first-order valence-electron chi connectivity index (χ1n) is 11.2. The van der Waals surface area contributed by atoms with Gasteiger partial charge in [0.1, 0.15) is 0 Å². The first-order chi connectivity index (χ1) is 15.9. The zero-order chi connectivity index (χ0) is 23.4. The molecule has 1 aromatic carbocycles. The van der Waals surface area contributed by atoms with Crippen LogP contribution < -0.4 is 11.1 Å². The van der Waals surface area contributed by atoms with Crippen molar-refractivity contribution in [1.82, 2.24) is 14.8 Å². The minimum Gasteiger partial charge on any atom is -0.403 e. The van der Waals surface area contributed by atoms with Crippen LogP contribution in [-0.2, 0) is 16.1 Å². The predicted molar refractivity (Wildman–Crippen MR) is 129 cm³/mol. The number of nitrogens with two attached hydrogens (primary N) is 1. The molecule has 1 saturated carbocycles. The van der Waals surface area contributed by atoms with Gasteiger partial charge < -0.3 is 20.9 Å². The molecule has 0 spiro atoms. The summed E-state index contributed by atoms with van der Waals surface area (Å²) in [7, 11) is 1.80. The van der Waals surface area contributed by atoms with Gasteiger partial charge >= 0.3 is 0 Å². The molecule has 1 aromatic heterocycles. The fourth-order valence-electron chi connectivity index (χ4n) is 3.87. The lowest BCUT2D eigenvalue weighted by molar-refractivity contribution is -0.146. The number of allylic oxidation sites excluding steroid dienone is 1. The Bertz CT molecular complexity index is 1050. The van der Waals surface area contributed by atoms with Gasteiger partial charge in [-0.2, -0.15) is 0 Å². The second-order valence-electron chi connectivity index (χ2n) is 8.68. The summed E-state index contributed by atoms with van der Waals surface area (Å²) in [5, 5.41) is 3.39. The number of likely N-dealkylation sites (tertiary alicyclic amines) is 1. The Hall–Kier alpha value is -3.68. The Morgan fingerprint density at radius 3 is 2.48 bits per heavy atom. The van der Waals surface area contributed by atoms with Gasteiger partial charge in [-0.05, 0) is 42.7 Å². The second kappa shape index (κ2) is 9.85. The molecule has 0 atom stereocenters. The molecule has 1 saturated heterocycles. The molecule has 1 aliphatic heterocycles. The lowest BCUT2D eigenvalue weighted by atomic mass is 9.98. The number of rotatable bonds is 8. The topological polar surface area (TPSA) is 104 Å². The molecule has 2 heterocycles. The molecule has 2 amide bonds. The Labute approximate surface area is 194 Å². The molecule has 0 unspecified atom stereocenters. The van der Waals surface area contributed by atoms with Gasteiger partial charge in [-0.1, -0.05) is 18.2 Å². The van der Waals surface area contributed by atoms with E-state index in [9.17, 15) is 9.59 Å². The zero-order valence-electron chi connectivity index (χ0n) is 19.1. The van der Waals surface area contributed by atoms with Crippen molar-refractivity contribution in [2.45, 2.75) is 26.3 Å². The maximum Gasteiger partial charge on any atom is 0.229 e. The Kier molecular flexibility index (Phi) is 6.72. The lowest BCUT2D eigenvalue weighted by Gasteiger charge is -2.39. The highest BCUT2D eigenvalue weighted by molar-refractivity contribution is 6.06. The van der Waals surface area contributed by atoms with E-state index in [0.717, 1.165) is 35.5 Å². The van der Waals surface area contributed by atoms with Crippen molar-refractivity contribution in [3.63, 3.8) is 0 Å². The third-order valence-electron chi connectivity index (χ3n) is 6.00. The summed E-state index contributed by atoms with van der Waals surface area (Å²) in [6.45, 7) is 3.07. The van der Waals surface area contributed by atoms with Crippen molar-refractivity contribution >= 4 is 29.0 Å². The van der Waals surface area contributed by atoms with E-state index < -0.39 is 0 Å². The summed E-state index contributed by atoms with van der Waals surface area (Å²) in [5.41, 5.74) is 9.58. The van der Waals surface area contributed by atoms with Crippen LogP contribution in [0.2, 0.25) is 0 Å². The van der Waals surface area contributed by atoms with Crippen LogP contribution in [0.25, 0.3) is 0 Å². The van der Waals surface area contributed by atoms with Gasteiger partial charge in [-0.3, -0.25) is 9.59 Å². The van der Waals surface area contributed by atoms with E-state index in [0.29, 0.717) is 31.4 Å². The van der Waals surface area contributed by atoms with Gasteiger partial charge in [-0.15, -0.1) is 0 Å². The van der Waals surface area contributed by atoms with Gasteiger partial charge in [0.05, 0.1) is 17.3 Å². The molecular formula is C25H30N6O2. The van der Waals surface area contributed by atoms with Crippen LogP contribution in [-0.4, -0.2) is 52.4 Å². The van der Waals surface area contributed by atoms with E-state index in [4.69, 9.17) is 10.7 Å². The Balaban J connectivity index is 1.37. The number of hydrogen-bond acceptors (Lipinski definition) is 6. The van der Waals surface area contributed by atoms with Crippen LogP contribution >= 0.6 is 0 Å². The highest BCUT2D eigenvalue weighted by Crippen LogP contribution is 2.34. The monoisotopic (exact) mass is 446 g/mol. The minimum atomic E-state index is -0.101. The van der Waals surface area contributed by atoms with Gasteiger partial charge in [0.15, 0.2) is 5.82 Å². The number of nitrogens with zero attached hydrogens (tertiary/aromatic N) is 4. The summed E-state index contributed by atoms with van der Waals surface area (Å²) in [6, 6.07) is 13.6. The van der Waals surface area contributed by atoms with Crippen molar-refractivity contribution in [2.24, 2.45) is 22.6 Å². The van der Waals surface area contributed by atoms with Crippen molar-refractivity contribution in [1.29, 1.82) is 0 Å². The Morgan fingerprint density at radius 2 is 1.91 bits per heavy atom. The van der Waals surface area contributed by atoms with Crippen molar-refractivity contribution < 1.29 is 9.59 Å². The van der Waals surface area contributed by atoms with E-state index in [1.165, 1.54) is 6.92 Å². The van der Waals surface area contributed by atoms with E-state index in [2.05, 4.69) is 10.3 Å². The number of anilines is 1. The van der Waals surface area contributed by atoms with E-state index in [-0.39, 0.29) is 17.7 Å². The average molecular weight is 447 g/mol. The van der Waals surface area contributed by atoms with E-state index in [1.54, 1.807) is 29.2 Å². The summed E-state index contributed by atoms with van der Waals surface area (Å²) < 4.78 is 0. The van der Waals surface area contributed by atoms with Crippen LogP contribution in [0.4, 0.5) is 11.5 Å². The van der Waals surface area contributed by atoms with E-state index >= 15 is 0 Å². The SMILES string of the molecule is CC(=O)N1CC(C(=O)N(C)Cc2ccc(NC(=C/N)/C(=N/c3ccccn3)C3CC3)cc2)C1. The maximum atomic E-state index is 12.6. The van der Waals surface area contributed by atoms with Crippen LogP contribution in [0.15, 0.2) is 65.6 Å². The van der Waals surface area contributed by atoms with Gasteiger partial charge in [0.25, 0.3) is 0 Å². The summed E-state index contributed by atoms with van der Waals surface area (Å²) >= 11 is 0. The maximum absolute atomic E-state index is 12.6. The number of aliphatic imine (C=N–C) groups is 1.